The predicted octanol–water partition coefficient (Wildman–Crippen LogP) is 3.63. The van der Waals surface area contributed by atoms with Gasteiger partial charge in [0.2, 0.25) is 0 Å². The van der Waals surface area contributed by atoms with Crippen LogP contribution >= 0.6 is 0 Å². The molecule has 3 rings (SSSR count). The highest BCUT2D eigenvalue weighted by atomic mass is 19.1. The van der Waals surface area contributed by atoms with Crippen LogP contribution in [0, 0.1) is 11.6 Å². The first-order valence-electron chi connectivity index (χ1n) is 9.30. The summed E-state index contributed by atoms with van der Waals surface area (Å²) in [6.45, 7) is 2.63. The monoisotopic (exact) mass is 387 g/mol. The van der Waals surface area contributed by atoms with E-state index in [4.69, 9.17) is 0 Å². The fourth-order valence-electron chi connectivity index (χ4n) is 3.29. The molecule has 0 spiro atoms. The number of urea groups is 1. The molecule has 148 valence electrons. The molecule has 2 N–H and O–H groups in total. The molecule has 5 nitrogen and oxygen atoms in total. The Hall–Kier alpha value is -2.96. The van der Waals surface area contributed by atoms with Gasteiger partial charge in [0.05, 0.1) is 6.04 Å². The van der Waals surface area contributed by atoms with Gasteiger partial charge >= 0.3 is 6.03 Å². The van der Waals surface area contributed by atoms with Gasteiger partial charge in [-0.15, -0.1) is 0 Å². The highest BCUT2D eigenvalue weighted by Crippen LogP contribution is 2.19. The number of piperidine rings is 1. The van der Waals surface area contributed by atoms with Gasteiger partial charge < -0.3 is 15.5 Å². The van der Waals surface area contributed by atoms with E-state index < -0.39 is 17.7 Å². The Kier molecular flexibility index (Phi) is 6.23. The smallest absolute Gasteiger partial charge is 0.317 e. The van der Waals surface area contributed by atoms with Crippen molar-refractivity contribution in [3.8, 4) is 0 Å². The first-order valence-corrected chi connectivity index (χ1v) is 9.30. The van der Waals surface area contributed by atoms with Crippen molar-refractivity contribution in [1.82, 2.24) is 15.5 Å². The van der Waals surface area contributed by atoms with E-state index in [1.807, 2.05) is 18.2 Å². The maximum absolute atomic E-state index is 13.9. The largest absolute Gasteiger partial charge is 0.349 e. The van der Waals surface area contributed by atoms with E-state index in [0.717, 1.165) is 6.07 Å². The second-order valence-corrected chi connectivity index (χ2v) is 6.94. The van der Waals surface area contributed by atoms with Gasteiger partial charge in [0, 0.05) is 36.3 Å². The van der Waals surface area contributed by atoms with E-state index in [1.54, 1.807) is 24.0 Å². The SMILES string of the molecule is CC(NC(=O)N1CCC(NC(=O)c2ccccc2)CC1)c1ccc(F)cc1F. The molecule has 1 heterocycles. The molecule has 0 radical (unpaired) electrons. The Balaban J connectivity index is 1.49. The summed E-state index contributed by atoms with van der Waals surface area (Å²) in [6.07, 6.45) is 1.29. The van der Waals surface area contributed by atoms with E-state index in [1.165, 1.54) is 12.1 Å². The van der Waals surface area contributed by atoms with Crippen molar-refractivity contribution in [2.24, 2.45) is 0 Å². The second kappa shape index (κ2) is 8.82. The van der Waals surface area contributed by atoms with Crippen LogP contribution in [0.1, 0.15) is 41.7 Å². The van der Waals surface area contributed by atoms with E-state index in [9.17, 15) is 18.4 Å². The normalized spacial score (nSPS) is 15.8. The van der Waals surface area contributed by atoms with E-state index >= 15 is 0 Å². The first kappa shape index (κ1) is 19.8. The summed E-state index contributed by atoms with van der Waals surface area (Å²) in [5.74, 6) is -1.46. The van der Waals surface area contributed by atoms with Gasteiger partial charge in [-0.2, -0.15) is 0 Å². The summed E-state index contributed by atoms with van der Waals surface area (Å²) in [5, 5.41) is 5.74. The summed E-state index contributed by atoms with van der Waals surface area (Å²) in [4.78, 5) is 26.3. The molecule has 2 aromatic carbocycles. The fraction of sp³-hybridized carbons (Fsp3) is 0.333. The van der Waals surface area contributed by atoms with Gasteiger partial charge in [0.15, 0.2) is 0 Å². The standard InChI is InChI=1S/C21H23F2N3O2/c1-14(18-8-7-16(22)13-19(18)23)24-21(28)26-11-9-17(10-12-26)25-20(27)15-5-3-2-4-6-15/h2-8,13-14,17H,9-12H2,1H3,(H,24,28)(H,25,27). The van der Waals surface area contributed by atoms with E-state index in [-0.39, 0.29) is 23.5 Å². The van der Waals surface area contributed by atoms with Crippen LogP contribution in [0.4, 0.5) is 13.6 Å². The number of rotatable bonds is 4. The Morgan fingerprint density at radius 2 is 1.75 bits per heavy atom. The second-order valence-electron chi connectivity index (χ2n) is 6.94. The van der Waals surface area contributed by atoms with Crippen molar-refractivity contribution in [2.45, 2.75) is 31.8 Å². The molecule has 1 aliphatic heterocycles. The average Bonchev–Trinajstić information content (AvgIpc) is 2.69. The molecule has 28 heavy (non-hydrogen) atoms. The molecule has 1 fully saturated rings. The number of benzene rings is 2. The van der Waals surface area contributed by atoms with Gasteiger partial charge in [-0.3, -0.25) is 4.79 Å². The van der Waals surface area contributed by atoms with Crippen molar-refractivity contribution in [2.75, 3.05) is 13.1 Å². The lowest BCUT2D eigenvalue weighted by Gasteiger charge is -2.33. The van der Waals surface area contributed by atoms with Crippen molar-refractivity contribution >= 4 is 11.9 Å². The minimum atomic E-state index is -0.685. The van der Waals surface area contributed by atoms with Crippen LogP contribution in [-0.4, -0.2) is 36.0 Å². The minimum Gasteiger partial charge on any atom is -0.349 e. The summed E-state index contributed by atoms with van der Waals surface area (Å²) in [6, 6.07) is 11.4. The summed E-state index contributed by atoms with van der Waals surface area (Å²) in [5.41, 5.74) is 0.845. The maximum Gasteiger partial charge on any atom is 0.317 e. The minimum absolute atomic E-state index is 0.00345. The number of amides is 3. The molecule has 1 aliphatic rings. The molecule has 2 aromatic rings. The van der Waals surface area contributed by atoms with Crippen LogP contribution in [-0.2, 0) is 0 Å². The summed E-state index contributed by atoms with van der Waals surface area (Å²) >= 11 is 0. The van der Waals surface area contributed by atoms with Crippen LogP contribution in [0.2, 0.25) is 0 Å². The van der Waals surface area contributed by atoms with Gasteiger partial charge in [-0.05, 0) is 38.0 Å². The Labute approximate surface area is 162 Å². The van der Waals surface area contributed by atoms with E-state index in [0.29, 0.717) is 31.5 Å². The van der Waals surface area contributed by atoms with E-state index in [2.05, 4.69) is 10.6 Å². The number of nitrogens with one attached hydrogen (secondary N) is 2. The molecule has 3 amide bonds. The number of likely N-dealkylation sites (tertiary alicyclic amines) is 1. The molecule has 1 atom stereocenters. The van der Waals surface area contributed by atoms with Gasteiger partial charge in [-0.25, -0.2) is 13.6 Å². The molecule has 0 aromatic heterocycles. The zero-order chi connectivity index (χ0) is 20.1. The fourth-order valence-corrected chi connectivity index (χ4v) is 3.29. The van der Waals surface area contributed by atoms with Crippen molar-refractivity contribution in [1.29, 1.82) is 0 Å². The molecule has 7 heteroatoms. The van der Waals surface area contributed by atoms with Crippen molar-refractivity contribution < 1.29 is 18.4 Å². The lowest BCUT2D eigenvalue weighted by molar-refractivity contribution is 0.0917. The van der Waals surface area contributed by atoms with Crippen molar-refractivity contribution in [3.05, 3.63) is 71.3 Å². The highest BCUT2D eigenvalue weighted by molar-refractivity contribution is 5.94. The number of carbonyl (C=O) groups excluding carboxylic acids is 2. The van der Waals surface area contributed by atoms with Crippen molar-refractivity contribution in [3.63, 3.8) is 0 Å². The Morgan fingerprint density at radius 3 is 2.39 bits per heavy atom. The third-order valence-electron chi connectivity index (χ3n) is 4.92. The van der Waals surface area contributed by atoms with Gasteiger partial charge in [0.25, 0.3) is 5.91 Å². The zero-order valence-corrected chi connectivity index (χ0v) is 15.6. The number of halogens is 2. The average molecular weight is 387 g/mol. The van der Waals surface area contributed by atoms with Gasteiger partial charge in [0.1, 0.15) is 11.6 Å². The van der Waals surface area contributed by atoms with Crippen LogP contribution in [0.3, 0.4) is 0 Å². The first-order chi connectivity index (χ1) is 13.4. The number of carbonyl (C=O) groups is 2. The highest BCUT2D eigenvalue weighted by Gasteiger charge is 2.25. The van der Waals surface area contributed by atoms with Crippen LogP contribution < -0.4 is 10.6 Å². The lowest BCUT2D eigenvalue weighted by Crippen LogP contribution is -2.49. The quantitative estimate of drug-likeness (QED) is 0.842. The Morgan fingerprint density at radius 1 is 1.07 bits per heavy atom. The Bertz CT molecular complexity index is 837. The molecule has 0 aliphatic carbocycles. The van der Waals surface area contributed by atoms with Crippen LogP contribution in [0.5, 0.6) is 0 Å². The number of nitrogens with zero attached hydrogens (tertiary/aromatic N) is 1. The molecule has 1 saturated heterocycles. The number of hydrogen-bond donors (Lipinski definition) is 2. The molecular formula is C21H23F2N3O2. The third kappa shape index (κ3) is 4.85. The number of hydrogen-bond acceptors (Lipinski definition) is 2. The third-order valence-corrected chi connectivity index (χ3v) is 4.92. The van der Waals surface area contributed by atoms with Crippen LogP contribution in [0.15, 0.2) is 48.5 Å². The maximum atomic E-state index is 13.9. The molecule has 0 bridgehead atoms. The molecule has 0 saturated carbocycles. The topological polar surface area (TPSA) is 61.4 Å². The predicted molar refractivity (Wildman–Crippen MR) is 102 cm³/mol. The molecular weight excluding hydrogens is 364 g/mol. The summed E-state index contributed by atoms with van der Waals surface area (Å²) < 4.78 is 26.9. The summed E-state index contributed by atoms with van der Waals surface area (Å²) in [7, 11) is 0. The van der Waals surface area contributed by atoms with Crippen LogP contribution in [0.25, 0.3) is 0 Å². The molecule has 1 unspecified atom stereocenters. The zero-order valence-electron chi connectivity index (χ0n) is 15.6. The lowest BCUT2D eigenvalue weighted by atomic mass is 10.0. The van der Waals surface area contributed by atoms with Gasteiger partial charge in [-0.1, -0.05) is 24.3 Å².